The molecule has 4 rings (SSSR count). The van der Waals surface area contributed by atoms with E-state index in [1.54, 1.807) is 5.38 Å². The SMILES string of the molecule is O=C(O)CCc1csc(SC2=C(C(=O)[O-])N3C(=O)[C@@H](NC(=O)Cc4cccs4)[C@@H]3SC2)n1.[Na+]. The van der Waals surface area contributed by atoms with Crippen LogP contribution >= 0.6 is 46.2 Å². The fourth-order valence-corrected chi connectivity index (χ4v) is 7.45. The molecule has 2 amide bonds. The molecule has 0 radical (unpaired) electrons. The van der Waals surface area contributed by atoms with Gasteiger partial charge in [0, 0.05) is 27.3 Å². The largest absolute Gasteiger partial charge is 1.00 e. The molecule has 0 unspecified atom stereocenters. The van der Waals surface area contributed by atoms with Crippen LogP contribution in [-0.2, 0) is 32.0 Å². The Balaban J connectivity index is 0.00000306. The molecule has 2 N–H and O–H groups in total. The monoisotopic (exact) mass is 533 g/mol. The van der Waals surface area contributed by atoms with Crippen LogP contribution in [0.4, 0.5) is 0 Å². The van der Waals surface area contributed by atoms with Crippen LogP contribution in [0.15, 0.2) is 37.8 Å². The quantitative estimate of drug-likeness (QED) is 0.275. The number of amides is 2. The van der Waals surface area contributed by atoms with E-state index in [0.29, 0.717) is 20.7 Å². The van der Waals surface area contributed by atoms with Crippen LogP contribution < -0.4 is 40.0 Å². The molecule has 2 aromatic heterocycles. The van der Waals surface area contributed by atoms with Crippen molar-refractivity contribution in [1.82, 2.24) is 15.2 Å². The number of rotatable bonds is 9. The summed E-state index contributed by atoms with van der Waals surface area (Å²) in [5.41, 5.74) is 0.417. The van der Waals surface area contributed by atoms with E-state index in [-0.39, 0.29) is 60.4 Å². The normalized spacial score (nSPS) is 19.4. The molecule has 0 bridgehead atoms. The van der Waals surface area contributed by atoms with Gasteiger partial charge in [-0.05, 0) is 11.4 Å². The molecule has 2 aromatic rings. The van der Waals surface area contributed by atoms with Gasteiger partial charge in [0.25, 0.3) is 5.91 Å². The number of thiazole rings is 1. The molecule has 0 aliphatic carbocycles. The number of nitrogens with zero attached hydrogens (tertiary/aromatic N) is 2. The molecule has 2 aliphatic rings. The molecule has 1 saturated heterocycles. The summed E-state index contributed by atoms with van der Waals surface area (Å²) in [6, 6.07) is 2.89. The van der Waals surface area contributed by atoms with Crippen molar-refractivity contribution in [3.05, 3.63) is 44.1 Å². The predicted octanol–water partition coefficient (Wildman–Crippen LogP) is -2.08. The summed E-state index contributed by atoms with van der Waals surface area (Å²) in [6.45, 7) is 0. The maximum absolute atomic E-state index is 12.7. The topological polar surface area (TPSA) is 140 Å². The number of carbonyl (C=O) groups excluding carboxylic acids is 3. The summed E-state index contributed by atoms with van der Waals surface area (Å²) in [6.07, 6.45) is 0.407. The Morgan fingerprint density at radius 3 is 2.79 bits per heavy atom. The van der Waals surface area contributed by atoms with Crippen molar-refractivity contribution in [3.63, 3.8) is 0 Å². The predicted molar refractivity (Wildman–Crippen MR) is 119 cm³/mol. The maximum Gasteiger partial charge on any atom is 1.00 e. The number of aromatic nitrogens is 1. The van der Waals surface area contributed by atoms with Gasteiger partial charge in [0.15, 0.2) is 4.34 Å². The van der Waals surface area contributed by atoms with Gasteiger partial charge in [-0.1, -0.05) is 17.8 Å². The average molecular weight is 534 g/mol. The average Bonchev–Trinajstić information content (AvgIpc) is 3.42. The number of carboxylic acids is 2. The minimum atomic E-state index is -1.46. The van der Waals surface area contributed by atoms with Gasteiger partial charge in [0.2, 0.25) is 5.91 Å². The van der Waals surface area contributed by atoms with Gasteiger partial charge in [-0.15, -0.1) is 34.4 Å². The molecule has 9 nitrogen and oxygen atoms in total. The first-order chi connectivity index (χ1) is 15.3. The minimum absolute atomic E-state index is 0. The standard InChI is InChI=1S/C19H17N3O6S4.Na/c23-12(6-10-2-1-5-29-10)21-14-16(26)22-15(18(27)28)11(8-30-17(14)22)32-19-20-9(7-31-19)3-4-13(24)25;/h1-2,5,7,14,17H,3-4,6,8H2,(H,21,23)(H,24,25)(H,27,28);/q;+1/p-1/t14-,17+;/m1./s1. The Morgan fingerprint density at radius 2 is 2.12 bits per heavy atom. The molecule has 33 heavy (non-hydrogen) atoms. The fraction of sp³-hybridized carbons (Fsp3) is 0.316. The van der Waals surface area contributed by atoms with Gasteiger partial charge in [-0.25, -0.2) is 4.98 Å². The number of carboxylic acid groups (broad SMARTS) is 2. The van der Waals surface area contributed by atoms with E-state index >= 15 is 0 Å². The third kappa shape index (κ3) is 6.02. The number of thiophene rings is 1. The maximum atomic E-state index is 12.7. The number of hydrogen-bond acceptors (Lipinski definition) is 10. The van der Waals surface area contributed by atoms with Gasteiger partial charge < -0.3 is 20.3 Å². The number of nitrogens with one attached hydrogen (secondary N) is 1. The number of carbonyl (C=O) groups is 4. The van der Waals surface area contributed by atoms with Gasteiger partial charge in [-0.3, -0.25) is 19.3 Å². The molecule has 168 valence electrons. The van der Waals surface area contributed by atoms with E-state index in [0.717, 1.165) is 16.6 Å². The Hall–Kier alpha value is -1.35. The van der Waals surface area contributed by atoms with Gasteiger partial charge in [-0.2, -0.15) is 0 Å². The van der Waals surface area contributed by atoms with Crippen molar-refractivity contribution < 1.29 is 58.9 Å². The number of hydrogen-bond donors (Lipinski definition) is 2. The molecule has 0 saturated carbocycles. The van der Waals surface area contributed by atoms with Crippen LogP contribution in [0, 0.1) is 0 Å². The van der Waals surface area contributed by atoms with E-state index in [1.165, 1.54) is 39.3 Å². The third-order valence-corrected chi connectivity index (χ3v) is 9.10. The number of fused-ring (bicyclic) bond motifs is 1. The van der Waals surface area contributed by atoms with Crippen LogP contribution in [0.1, 0.15) is 17.0 Å². The molecule has 1 fully saturated rings. The van der Waals surface area contributed by atoms with E-state index in [2.05, 4.69) is 10.3 Å². The first-order valence-corrected chi connectivity index (χ1v) is 13.0. The molecule has 0 spiro atoms. The van der Waals surface area contributed by atoms with Gasteiger partial charge in [0.1, 0.15) is 11.4 Å². The number of thioether (sulfide) groups is 2. The number of β-lactam (4-membered cyclic amide) rings is 1. The third-order valence-electron chi connectivity index (χ3n) is 4.69. The zero-order chi connectivity index (χ0) is 22.8. The van der Waals surface area contributed by atoms with Crippen molar-refractivity contribution in [3.8, 4) is 0 Å². The minimum Gasteiger partial charge on any atom is -0.543 e. The summed E-state index contributed by atoms with van der Waals surface area (Å²) in [4.78, 5) is 54.4. The molecular formula is C19H16N3NaO6S4. The Labute approximate surface area is 227 Å². The van der Waals surface area contributed by atoms with Crippen molar-refractivity contribution in [2.24, 2.45) is 0 Å². The summed E-state index contributed by atoms with van der Waals surface area (Å²) in [5.74, 6) is -2.83. The Morgan fingerprint density at radius 1 is 1.33 bits per heavy atom. The van der Waals surface area contributed by atoms with Crippen LogP contribution in [-0.4, -0.2) is 55.9 Å². The van der Waals surface area contributed by atoms with E-state index in [9.17, 15) is 24.3 Å². The Bertz CT molecular complexity index is 1100. The molecule has 4 heterocycles. The molecule has 0 aromatic carbocycles. The number of aliphatic carboxylic acids is 2. The van der Waals surface area contributed by atoms with Crippen molar-refractivity contribution in [1.29, 1.82) is 0 Å². The van der Waals surface area contributed by atoms with Crippen molar-refractivity contribution in [2.45, 2.75) is 35.0 Å². The zero-order valence-electron chi connectivity index (χ0n) is 17.3. The second-order valence-electron chi connectivity index (χ2n) is 6.87. The first-order valence-electron chi connectivity index (χ1n) is 9.38. The van der Waals surface area contributed by atoms with Crippen LogP contribution in [0.25, 0.3) is 0 Å². The van der Waals surface area contributed by atoms with E-state index in [1.807, 2.05) is 17.5 Å². The first kappa shape index (κ1) is 26.3. The summed E-state index contributed by atoms with van der Waals surface area (Å²) in [5, 5.41) is 26.4. The van der Waals surface area contributed by atoms with E-state index < -0.39 is 29.3 Å². The van der Waals surface area contributed by atoms with Crippen LogP contribution in [0.2, 0.25) is 0 Å². The molecule has 14 heteroatoms. The van der Waals surface area contributed by atoms with Crippen LogP contribution in [0.3, 0.4) is 0 Å². The summed E-state index contributed by atoms with van der Waals surface area (Å²) >= 11 is 5.23. The Kier molecular flexibility index (Phi) is 9.06. The zero-order valence-corrected chi connectivity index (χ0v) is 22.6. The second-order valence-corrected chi connectivity index (χ2v) is 11.2. The van der Waals surface area contributed by atoms with E-state index in [4.69, 9.17) is 5.11 Å². The van der Waals surface area contributed by atoms with Crippen LogP contribution in [0.5, 0.6) is 0 Å². The molecule has 2 aliphatic heterocycles. The van der Waals surface area contributed by atoms with Crippen molar-refractivity contribution >= 4 is 70.0 Å². The van der Waals surface area contributed by atoms with Crippen molar-refractivity contribution in [2.75, 3.05) is 5.75 Å². The fourth-order valence-electron chi connectivity index (χ4n) is 3.25. The van der Waals surface area contributed by atoms with Gasteiger partial charge in [0.05, 0.1) is 30.2 Å². The number of aryl methyl sites for hydroxylation is 1. The summed E-state index contributed by atoms with van der Waals surface area (Å²) in [7, 11) is 0. The molecule has 2 atom stereocenters. The smallest absolute Gasteiger partial charge is 0.543 e. The molecular weight excluding hydrogens is 517 g/mol. The summed E-state index contributed by atoms with van der Waals surface area (Å²) < 4.78 is 0.562. The second kappa shape index (κ2) is 11.4. The van der Waals surface area contributed by atoms with Gasteiger partial charge >= 0.3 is 35.5 Å².